The van der Waals surface area contributed by atoms with E-state index >= 15 is 0 Å². The molecule has 0 spiro atoms. The molecule has 1 fully saturated rings. The Bertz CT molecular complexity index is 699. The van der Waals surface area contributed by atoms with Gasteiger partial charge in [0.25, 0.3) is 0 Å². The van der Waals surface area contributed by atoms with Crippen LogP contribution in [-0.2, 0) is 11.2 Å². The number of carbonyl (C=O) groups excluding carboxylic acids is 1. The fourth-order valence-electron chi connectivity index (χ4n) is 3.23. The highest BCUT2D eigenvalue weighted by molar-refractivity contribution is 7.11. The van der Waals surface area contributed by atoms with Crippen molar-refractivity contribution in [2.75, 3.05) is 6.54 Å². The lowest BCUT2D eigenvalue weighted by molar-refractivity contribution is -0.126. The third-order valence-electron chi connectivity index (χ3n) is 4.32. The molecular formula is C13H18N8OS. The number of thiazole rings is 1. The molecule has 3 unspecified atom stereocenters. The third-order valence-corrected chi connectivity index (χ3v) is 5.36. The van der Waals surface area contributed by atoms with Crippen molar-refractivity contribution < 1.29 is 4.79 Å². The molecule has 1 amide bonds. The maximum atomic E-state index is 12.7. The van der Waals surface area contributed by atoms with Crippen LogP contribution < -0.4 is 16.2 Å². The third kappa shape index (κ3) is 2.73. The van der Waals surface area contributed by atoms with Gasteiger partial charge in [-0.05, 0) is 36.6 Å². The van der Waals surface area contributed by atoms with Crippen molar-refractivity contribution in [2.24, 2.45) is 5.92 Å². The van der Waals surface area contributed by atoms with E-state index < -0.39 is 0 Å². The number of hydrogen-bond donors (Lipinski definition) is 3. The van der Waals surface area contributed by atoms with E-state index in [4.69, 9.17) is 0 Å². The van der Waals surface area contributed by atoms with Crippen molar-refractivity contribution in [2.45, 2.75) is 38.4 Å². The molecule has 0 radical (unpaired) electrons. The van der Waals surface area contributed by atoms with E-state index in [2.05, 4.69) is 36.7 Å². The van der Waals surface area contributed by atoms with Gasteiger partial charge in [-0.3, -0.25) is 10.2 Å². The van der Waals surface area contributed by atoms with Gasteiger partial charge in [0.2, 0.25) is 5.91 Å². The first-order valence-corrected chi connectivity index (χ1v) is 8.51. The fourth-order valence-corrected chi connectivity index (χ4v) is 4.27. The Morgan fingerprint density at radius 2 is 2.43 bits per heavy atom. The van der Waals surface area contributed by atoms with Gasteiger partial charge in [-0.2, -0.15) is 0 Å². The summed E-state index contributed by atoms with van der Waals surface area (Å²) in [5.41, 5.74) is 7.10. The second-order valence-electron chi connectivity index (χ2n) is 5.86. The Morgan fingerprint density at radius 1 is 1.52 bits per heavy atom. The van der Waals surface area contributed by atoms with Crippen LogP contribution >= 0.6 is 11.3 Å². The Labute approximate surface area is 136 Å². The molecule has 9 nitrogen and oxygen atoms in total. The van der Waals surface area contributed by atoms with Gasteiger partial charge in [0.1, 0.15) is 12.5 Å². The standard InChI is InChI=1S/C13H18N8OS/c1-7-16-11-9(3-2-4-10(11)23-7)17-13(22)8-5-14-18-12(8)21-6-15-19-20-21/h6,8-9,12,14,18H,2-5H2,1H3,(H,17,22). The number of aryl methyl sites for hydroxylation is 2. The van der Waals surface area contributed by atoms with Gasteiger partial charge >= 0.3 is 0 Å². The molecule has 23 heavy (non-hydrogen) atoms. The molecule has 0 aromatic carbocycles. The quantitative estimate of drug-likeness (QED) is 0.716. The van der Waals surface area contributed by atoms with Crippen LogP contribution in [0.3, 0.4) is 0 Å². The molecule has 2 aromatic heterocycles. The van der Waals surface area contributed by atoms with E-state index in [0.717, 1.165) is 30.0 Å². The van der Waals surface area contributed by atoms with Gasteiger partial charge in [0, 0.05) is 11.4 Å². The Balaban J connectivity index is 1.50. The van der Waals surface area contributed by atoms with Gasteiger partial charge < -0.3 is 5.32 Å². The summed E-state index contributed by atoms with van der Waals surface area (Å²) in [6.07, 6.45) is 4.30. The summed E-state index contributed by atoms with van der Waals surface area (Å²) in [6, 6.07) is 0.00585. The molecule has 2 aliphatic rings. The molecule has 3 heterocycles. The van der Waals surface area contributed by atoms with E-state index in [1.807, 2.05) is 6.92 Å². The average Bonchev–Trinajstić information content (AvgIpc) is 3.26. The summed E-state index contributed by atoms with van der Waals surface area (Å²) in [4.78, 5) is 18.7. The first kappa shape index (κ1) is 14.7. The highest BCUT2D eigenvalue weighted by Gasteiger charge is 2.37. The molecule has 0 bridgehead atoms. The fraction of sp³-hybridized carbons (Fsp3) is 0.615. The number of hydrogen-bond acceptors (Lipinski definition) is 8. The maximum Gasteiger partial charge on any atom is 0.228 e. The van der Waals surface area contributed by atoms with Gasteiger partial charge in [0.15, 0.2) is 0 Å². The first-order valence-electron chi connectivity index (χ1n) is 7.70. The summed E-state index contributed by atoms with van der Waals surface area (Å²) in [5.74, 6) is -0.282. The minimum Gasteiger partial charge on any atom is -0.347 e. The number of carbonyl (C=O) groups is 1. The van der Waals surface area contributed by atoms with Gasteiger partial charge in [-0.15, -0.1) is 16.4 Å². The lowest BCUT2D eigenvalue weighted by Gasteiger charge is -2.25. The molecule has 4 rings (SSSR count). The second kappa shape index (κ2) is 5.95. The number of nitrogens with zero attached hydrogens (tertiary/aromatic N) is 5. The monoisotopic (exact) mass is 334 g/mol. The average molecular weight is 334 g/mol. The molecule has 3 atom stereocenters. The molecular weight excluding hydrogens is 316 g/mol. The molecule has 1 saturated heterocycles. The predicted molar refractivity (Wildman–Crippen MR) is 82.2 cm³/mol. The predicted octanol–water partition coefficient (Wildman–Crippen LogP) is -0.146. The summed E-state index contributed by atoms with van der Waals surface area (Å²) in [5, 5.41) is 15.4. The number of rotatable bonds is 3. The normalized spacial score (nSPS) is 26.9. The van der Waals surface area contributed by atoms with Crippen molar-refractivity contribution in [3.05, 3.63) is 21.9 Å². The molecule has 2 aromatic rings. The van der Waals surface area contributed by atoms with Crippen LogP contribution in [0.4, 0.5) is 0 Å². The van der Waals surface area contributed by atoms with Crippen molar-refractivity contribution in [1.82, 2.24) is 41.4 Å². The minimum atomic E-state index is -0.287. The van der Waals surface area contributed by atoms with E-state index in [9.17, 15) is 4.79 Å². The van der Waals surface area contributed by atoms with Crippen LogP contribution in [-0.4, -0.2) is 37.6 Å². The molecule has 0 saturated carbocycles. The Morgan fingerprint density at radius 3 is 3.26 bits per heavy atom. The Hall–Kier alpha value is -1.91. The highest BCUT2D eigenvalue weighted by Crippen LogP contribution is 2.33. The number of nitrogens with one attached hydrogen (secondary N) is 3. The van der Waals surface area contributed by atoms with Crippen LogP contribution in [0.15, 0.2) is 6.33 Å². The minimum absolute atomic E-state index is 0.00585. The molecule has 10 heteroatoms. The highest BCUT2D eigenvalue weighted by atomic mass is 32.1. The number of amides is 1. The van der Waals surface area contributed by atoms with Crippen LogP contribution in [0.2, 0.25) is 0 Å². The lowest BCUT2D eigenvalue weighted by atomic mass is 9.96. The van der Waals surface area contributed by atoms with Crippen molar-refractivity contribution in [3.8, 4) is 0 Å². The summed E-state index contributed by atoms with van der Waals surface area (Å²) >= 11 is 1.73. The smallest absolute Gasteiger partial charge is 0.228 e. The zero-order valence-electron chi connectivity index (χ0n) is 12.7. The molecule has 1 aliphatic heterocycles. The summed E-state index contributed by atoms with van der Waals surface area (Å²) in [6.45, 7) is 2.55. The zero-order chi connectivity index (χ0) is 15.8. The van der Waals surface area contributed by atoms with Crippen molar-refractivity contribution in [3.63, 3.8) is 0 Å². The van der Waals surface area contributed by atoms with E-state index in [-0.39, 0.29) is 24.0 Å². The topological polar surface area (TPSA) is 110 Å². The van der Waals surface area contributed by atoms with E-state index in [1.165, 1.54) is 11.2 Å². The molecule has 122 valence electrons. The van der Waals surface area contributed by atoms with Crippen molar-refractivity contribution in [1.29, 1.82) is 0 Å². The van der Waals surface area contributed by atoms with Crippen LogP contribution in [0.25, 0.3) is 0 Å². The van der Waals surface area contributed by atoms with Crippen molar-refractivity contribution >= 4 is 17.2 Å². The number of aromatic nitrogens is 5. The van der Waals surface area contributed by atoms with Gasteiger partial charge in [-0.25, -0.2) is 15.1 Å². The summed E-state index contributed by atoms with van der Waals surface area (Å²) < 4.78 is 1.56. The number of fused-ring (bicyclic) bond motifs is 1. The Kier molecular flexibility index (Phi) is 3.79. The first-order chi connectivity index (χ1) is 11.2. The molecule has 1 aliphatic carbocycles. The zero-order valence-corrected chi connectivity index (χ0v) is 13.5. The van der Waals surface area contributed by atoms with Crippen LogP contribution in [0.1, 0.15) is 40.6 Å². The SMILES string of the molecule is Cc1nc2c(s1)CCCC2NC(=O)C1CNNC1n1cnnn1. The summed E-state index contributed by atoms with van der Waals surface area (Å²) in [7, 11) is 0. The van der Waals surface area contributed by atoms with Crippen LogP contribution in [0.5, 0.6) is 0 Å². The maximum absolute atomic E-state index is 12.7. The van der Waals surface area contributed by atoms with E-state index in [0.29, 0.717) is 6.54 Å². The van der Waals surface area contributed by atoms with E-state index in [1.54, 1.807) is 16.0 Å². The second-order valence-corrected chi connectivity index (χ2v) is 7.15. The largest absolute Gasteiger partial charge is 0.347 e. The molecule has 3 N–H and O–H groups in total. The van der Waals surface area contributed by atoms with Gasteiger partial charge in [0.05, 0.1) is 22.7 Å². The number of tetrazole rings is 1. The lowest BCUT2D eigenvalue weighted by Crippen LogP contribution is -2.40. The van der Waals surface area contributed by atoms with Crippen LogP contribution in [0, 0.1) is 12.8 Å². The number of hydrazine groups is 1. The van der Waals surface area contributed by atoms with Gasteiger partial charge in [-0.1, -0.05) is 0 Å².